The Balaban J connectivity index is 1.65. The summed E-state index contributed by atoms with van der Waals surface area (Å²) in [6.07, 6.45) is 8.04. The van der Waals surface area contributed by atoms with Gasteiger partial charge in [0.15, 0.2) is 0 Å². The van der Waals surface area contributed by atoms with Crippen molar-refractivity contribution in [2.75, 3.05) is 44.2 Å². The quantitative estimate of drug-likeness (QED) is 0.522. The van der Waals surface area contributed by atoms with Crippen LogP contribution in [0.15, 0.2) is 0 Å². The summed E-state index contributed by atoms with van der Waals surface area (Å²) >= 11 is 1.88. The van der Waals surface area contributed by atoms with Crippen LogP contribution in [0.2, 0.25) is 0 Å². The summed E-state index contributed by atoms with van der Waals surface area (Å²) in [5.41, 5.74) is 0. The van der Waals surface area contributed by atoms with Gasteiger partial charge in [0.25, 0.3) is 0 Å². The molecule has 84 valence electrons. The number of thioether (sulfide) groups is 1. The van der Waals surface area contributed by atoms with Gasteiger partial charge in [-0.1, -0.05) is 5.92 Å². The Morgan fingerprint density at radius 1 is 1.33 bits per heavy atom. The number of rotatable bonds is 4. The molecular weight excluding hydrogens is 204 g/mol. The minimum Gasteiger partial charge on any atom is -0.300 e. The van der Waals surface area contributed by atoms with Crippen LogP contribution in [0.4, 0.5) is 0 Å². The average Bonchev–Trinajstić information content (AvgIpc) is 2.71. The zero-order chi connectivity index (χ0) is 10.5. The lowest BCUT2D eigenvalue weighted by molar-refractivity contribution is 0.110. The SMILES string of the molecule is C#CCSCCN1CCN2CCCC2C1. The second-order valence-corrected chi connectivity index (χ2v) is 5.49. The number of hydrogen-bond donors (Lipinski definition) is 0. The standard InChI is InChI=1S/C12H20N2S/c1-2-9-15-10-8-13-6-7-14-5-3-4-12(14)11-13/h1,12H,3-11H2. The minimum atomic E-state index is 0.858. The molecule has 0 aliphatic carbocycles. The molecule has 0 N–H and O–H groups in total. The van der Waals surface area contributed by atoms with Crippen molar-refractivity contribution >= 4 is 11.8 Å². The molecule has 2 nitrogen and oxygen atoms in total. The average molecular weight is 224 g/mol. The molecule has 0 amide bonds. The molecule has 15 heavy (non-hydrogen) atoms. The molecule has 2 saturated heterocycles. The molecule has 2 aliphatic heterocycles. The van der Waals surface area contributed by atoms with Crippen LogP contribution in [-0.4, -0.2) is 60.1 Å². The highest BCUT2D eigenvalue weighted by Crippen LogP contribution is 2.21. The van der Waals surface area contributed by atoms with E-state index in [9.17, 15) is 0 Å². The van der Waals surface area contributed by atoms with Crippen LogP contribution in [0, 0.1) is 12.3 Å². The zero-order valence-electron chi connectivity index (χ0n) is 9.32. The van der Waals surface area contributed by atoms with Gasteiger partial charge in [0.2, 0.25) is 0 Å². The van der Waals surface area contributed by atoms with Crippen molar-refractivity contribution in [3.8, 4) is 12.3 Å². The number of fused-ring (bicyclic) bond motifs is 1. The first kappa shape index (κ1) is 11.3. The first-order chi connectivity index (χ1) is 7.40. The summed E-state index contributed by atoms with van der Waals surface area (Å²) < 4.78 is 0. The van der Waals surface area contributed by atoms with Crippen LogP contribution in [-0.2, 0) is 0 Å². The summed E-state index contributed by atoms with van der Waals surface area (Å²) in [6.45, 7) is 6.38. The van der Waals surface area contributed by atoms with Gasteiger partial charge in [-0.25, -0.2) is 0 Å². The van der Waals surface area contributed by atoms with E-state index >= 15 is 0 Å². The van der Waals surface area contributed by atoms with E-state index in [2.05, 4.69) is 15.7 Å². The van der Waals surface area contributed by atoms with E-state index < -0.39 is 0 Å². The highest BCUT2D eigenvalue weighted by Gasteiger charge is 2.29. The summed E-state index contributed by atoms with van der Waals surface area (Å²) in [5, 5.41) is 0. The molecule has 0 radical (unpaired) electrons. The highest BCUT2D eigenvalue weighted by molar-refractivity contribution is 7.99. The molecule has 0 aromatic carbocycles. The first-order valence-electron chi connectivity index (χ1n) is 5.88. The van der Waals surface area contributed by atoms with Crippen molar-refractivity contribution in [2.45, 2.75) is 18.9 Å². The Kier molecular flexibility index (Phi) is 4.37. The lowest BCUT2D eigenvalue weighted by Gasteiger charge is -2.37. The van der Waals surface area contributed by atoms with E-state index in [0.717, 1.165) is 11.8 Å². The fraction of sp³-hybridized carbons (Fsp3) is 0.833. The maximum atomic E-state index is 5.23. The molecule has 2 fully saturated rings. The Morgan fingerprint density at radius 2 is 2.27 bits per heavy atom. The van der Waals surface area contributed by atoms with Gasteiger partial charge < -0.3 is 0 Å². The summed E-state index contributed by atoms with van der Waals surface area (Å²) in [4.78, 5) is 5.26. The molecule has 0 spiro atoms. The fourth-order valence-corrected chi connectivity index (χ4v) is 3.23. The van der Waals surface area contributed by atoms with Gasteiger partial charge in [0, 0.05) is 38.0 Å². The maximum absolute atomic E-state index is 5.23. The molecule has 0 aromatic rings. The van der Waals surface area contributed by atoms with E-state index in [1.165, 1.54) is 51.3 Å². The second-order valence-electron chi connectivity index (χ2n) is 4.39. The largest absolute Gasteiger partial charge is 0.300 e. The maximum Gasteiger partial charge on any atom is 0.0545 e. The Bertz CT molecular complexity index is 236. The molecule has 3 heteroatoms. The van der Waals surface area contributed by atoms with Gasteiger partial charge in [-0.05, 0) is 19.4 Å². The van der Waals surface area contributed by atoms with Gasteiger partial charge in [-0.2, -0.15) is 0 Å². The van der Waals surface area contributed by atoms with Gasteiger partial charge in [0.1, 0.15) is 0 Å². The van der Waals surface area contributed by atoms with Gasteiger partial charge >= 0.3 is 0 Å². The molecule has 2 rings (SSSR count). The van der Waals surface area contributed by atoms with Crippen molar-refractivity contribution in [3.63, 3.8) is 0 Å². The lowest BCUT2D eigenvalue weighted by Crippen LogP contribution is -2.50. The van der Waals surface area contributed by atoms with E-state index in [1.54, 1.807) is 0 Å². The molecular formula is C12H20N2S. The summed E-state index contributed by atoms with van der Waals surface area (Å²) in [6, 6.07) is 0.858. The Hall–Kier alpha value is -0.170. The van der Waals surface area contributed by atoms with E-state index in [0.29, 0.717) is 0 Å². The van der Waals surface area contributed by atoms with Crippen molar-refractivity contribution in [1.29, 1.82) is 0 Å². The molecule has 2 heterocycles. The van der Waals surface area contributed by atoms with Crippen LogP contribution in [0.1, 0.15) is 12.8 Å². The molecule has 1 unspecified atom stereocenters. The lowest BCUT2D eigenvalue weighted by atomic mass is 10.1. The molecule has 2 aliphatic rings. The molecule has 1 atom stereocenters. The smallest absolute Gasteiger partial charge is 0.0545 e. The third kappa shape index (κ3) is 3.14. The Labute approximate surface area is 97.4 Å². The van der Waals surface area contributed by atoms with E-state index in [4.69, 9.17) is 6.42 Å². The third-order valence-corrected chi connectivity index (χ3v) is 4.25. The van der Waals surface area contributed by atoms with Crippen molar-refractivity contribution in [1.82, 2.24) is 9.80 Å². The third-order valence-electron chi connectivity index (χ3n) is 3.41. The van der Waals surface area contributed by atoms with E-state index in [1.807, 2.05) is 11.8 Å². The molecule has 0 bridgehead atoms. The summed E-state index contributed by atoms with van der Waals surface area (Å²) in [5.74, 6) is 4.73. The minimum absolute atomic E-state index is 0.858. The van der Waals surface area contributed by atoms with Crippen molar-refractivity contribution < 1.29 is 0 Å². The van der Waals surface area contributed by atoms with Crippen LogP contribution in [0.5, 0.6) is 0 Å². The Morgan fingerprint density at radius 3 is 3.13 bits per heavy atom. The number of piperazine rings is 1. The number of terminal acetylenes is 1. The first-order valence-corrected chi connectivity index (χ1v) is 7.03. The normalized spacial score (nSPS) is 27.5. The topological polar surface area (TPSA) is 6.48 Å². The van der Waals surface area contributed by atoms with Crippen LogP contribution < -0.4 is 0 Å². The van der Waals surface area contributed by atoms with Crippen LogP contribution in [0.3, 0.4) is 0 Å². The molecule has 0 aromatic heterocycles. The second kappa shape index (κ2) is 5.79. The van der Waals surface area contributed by atoms with Crippen molar-refractivity contribution in [2.24, 2.45) is 0 Å². The number of nitrogens with zero attached hydrogens (tertiary/aromatic N) is 2. The van der Waals surface area contributed by atoms with Crippen LogP contribution >= 0.6 is 11.8 Å². The molecule has 0 saturated carbocycles. The van der Waals surface area contributed by atoms with Gasteiger partial charge in [-0.15, -0.1) is 18.2 Å². The summed E-state index contributed by atoms with van der Waals surface area (Å²) in [7, 11) is 0. The van der Waals surface area contributed by atoms with Crippen LogP contribution in [0.25, 0.3) is 0 Å². The van der Waals surface area contributed by atoms with Gasteiger partial charge in [0.05, 0.1) is 5.75 Å². The predicted octanol–water partition coefficient (Wildman–Crippen LogP) is 1.13. The van der Waals surface area contributed by atoms with E-state index in [-0.39, 0.29) is 0 Å². The monoisotopic (exact) mass is 224 g/mol. The highest BCUT2D eigenvalue weighted by atomic mass is 32.2. The van der Waals surface area contributed by atoms with Crippen molar-refractivity contribution in [3.05, 3.63) is 0 Å². The zero-order valence-corrected chi connectivity index (χ0v) is 10.1. The fourth-order valence-electron chi connectivity index (χ4n) is 2.58. The van der Waals surface area contributed by atoms with Gasteiger partial charge in [-0.3, -0.25) is 9.80 Å². The predicted molar refractivity (Wildman–Crippen MR) is 67.2 cm³/mol. The number of hydrogen-bond acceptors (Lipinski definition) is 3.